The lowest BCUT2D eigenvalue weighted by atomic mass is 9.92. The van der Waals surface area contributed by atoms with E-state index in [1.54, 1.807) is 11.2 Å². The first-order valence-corrected chi connectivity index (χ1v) is 14.8. The Morgan fingerprint density at radius 2 is 2.00 bits per heavy atom. The van der Waals surface area contributed by atoms with Crippen LogP contribution in [-0.4, -0.2) is 67.5 Å². The average molecular weight is 635 g/mol. The van der Waals surface area contributed by atoms with E-state index in [-0.39, 0.29) is 24.1 Å². The van der Waals surface area contributed by atoms with Crippen LogP contribution in [0.4, 0.5) is 4.79 Å². The van der Waals surface area contributed by atoms with Crippen molar-refractivity contribution in [3.05, 3.63) is 28.4 Å². The highest BCUT2D eigenvalue weighted by Gasteiger charge is 2.30. The first-order valence-electron chi connectivity index (χ1n) is 13.2. The van der Waals surface area contributed by atoms with Gasteiger partial charge >= 0.3 is 6.09 Å². The maximum absolute atomic E-state index is 13.0. The minimum absolute atomic E-state index is 0.132. The molecule has 12 nitrogen and oxygen atoms in total. The van der Waals surface area contributed by atoms with Crippen LogP contribution >= 0.6 is 27.7 Å². The Kier molecular flexibility index (Phi) is 8.54. The normalized spacial score (nSPS) is 16.1. The number of nitrogens with one attached hydrogen (secondary N) is 3. The Labute approximate surface area is 243 Å². The summed E-state index contributed by atoms with van der Waals surface area (Å²) in [6.07, 6.45) is 3.54. The molecule has 2 aliphatic heterocycles. The summed E-state index contributed by atoms with van der Waals surface area (Å²) in [4.78, 5) is 39.1. The summed E-state index contributed by atoms with van der Waals surface area (Å²) >= 11 is 5.01. The van der Waals surface area contributed by atoms with Gasteiger partial charge in [-0.15, -0.1) is 0 Å². The Bertz CT molecular complexity index is 1470. The molecule has 40 heavy (non-hydrogen) atoms. The number of amides is 2. The van der Waals surface area contributed by atoms with Gasteiger partial charge in [0.15, 0.2) is 27.8 Å². The number of halogens is 1. The molecule has 0 aliphatic carbocycles. The second-order valence-electron chi connectivity index (χ2n) is 10.5. The standard InChI is InChI=1S/C26H32BrN7O5S/c1-14(2)9-17(30-26(36)37)24(35)33-6-3-15(4-7-33)5-8-34-12-29-22(28)21-23(34)32-25(31-21)40-20-11-19-18(10-16(20)27)38-13-39-19/h10-12,14-15,17,28,30H,3-9,13H2,1-2H3,(H,31,32)(H,36,37)/t17-/m0/s1. The van der Waals surface area contributed by atoms with Crippen LogP contribution in [0.2, 0.25) is 0 Å². The van der Waals surface area contributed by atoms with Gasteiger partial charge in [-0.3, -0.25) is 10.2 Å². The zero-order valence-electron chi connectivity index (χ0n) is 22.3. The van der Waals surface area contributed by atoms with Gasteiger partial charge in [0.2, 0.25) is 12.7 Å². The molecule has 1 atom stereocenters. The third-order valence-electron chi connectivity index (χ3n) is 7.14. The molecular weight excluding hydrogens is 602 g/mol. The van der Waals surface area contributed by atoms with Gasteiger partial charge in [-0.05, 0) is 65.6 Å². The Morgan fingerprint density at radius 3 is 2.70 bits per heavy atom. The minimum atomic E-state index is -1.17. The highest BCUT2D eigenvalue weighted by atomic mass is 79.9. The molecule has 0 spiro atoms. The zero-order chi connectivity index (χ0) is 28.4. The van der Waals surface area contributed by atoms with Gasteiger partial charge in [0.25, 0.3) is 0 Å². The lowest BCUT2D eigenvalue weighted by molar-refractivity contribution is -0.135. The van der Waals surface area contributed by atoms with Crippen molar-refractivity contribution in [1.29, 1.82) is 5.41 Å². The molecule has 4 N–H and O–H groups in total. The van der Waals surface area contributed by atoms with Gasteiger partial charge in [-0.1, -0.05) is 25.6 Å². The second kappa shape index (κ2) is 12.1. The number of carbonyl (C=O) groups excluding carboxylic acids is 1. The lowest BCUT2D eigenvalue weighted by Crippen LogP contribution is -2.51. The molecule has 1 fully saturated rings. The van der Waals surface area contributed by atoms with E-state index in [9.17, 15) is 9.59 Å². The van der Waals surface area contributed by atoms with Gasteiger partial charge in [-0.25, -0.2) is 14.8 Å². The third kappa shape index (κ3) is 6.38. The first-order chi connectivity index (χ1) is 19.2. The molecule has 2 amide bonds. The number of benzene rings is 1. The van der Waals surface area contributed by atoms with Crippen molar-refractivity contribution in [1.82, 2.24) is 29.7 Å². The Balaban J connectivity index is 1.22. The van der Waals surface area contributed by atoms with Crippen LogP contribution in [0.15, 0.2) is 33.0 Å². The fourth-order valence-electron chi connectivity index (χ4n) is 5.08. The molecule has 4 heterocycles. The number of hydrogen-bond acceptors (Lipinski definition) is 8. The maximum atomic E-state index is 13.0. The number of aryl methyl sites for hydroxylation is 1. The quantitative estimate of drug-likeness (QED) is 0.273. The van der Waals surface area contributed by atoms with E-state index >= 15 is 0 Å². The van der Waals surface area contributed by atoms with E-state index in [1.165, 1.54) is 11.8 Å². The largest absolute Gasteiger partial charge is 0.465 e. The topological polar surface area (TPSA) is 158 Å². The smallest absolute Gasteiger partial charge is 0.405 e. The number of likely N-dealkylation sites (tertiary alicyclic amines) is 1. The molecule has 0 unspecified atom stereocenters. The monoisotopic (exact) mass is 633 g/mol. The SMILES string of the molecule is CC(C)C[C@H](NC(=O)O)C(=O)N1CCC(CCn2cnc(=N)c3[nH]c(Sc4cc5c(cc4Br)OCO5)nc32)CC1. The number of carboxylic acid groups (broad SMARTS) is 1. The molecule has 0 bridgehead atoms. The molecule has 0 saturated carbocycles. The van der Waals surface area contributed by atoms with E-state index in [1.807, 2.05) is 30.5 Å². The number of H-pyrrole nitrogens is 1. The van der Waals surface area contributed by atoms with Crippen molar-refractivity contribution in [2.45, 2.75) is 62.2 Å². The summed E-state index contributed by atoms with van der Waals surface area (Å²) < 4.78 is 13.8. The number of aromatic nitrogens is 4. The first kappa shape index (κ1) is 28.3. The zero-order valence-corrected chi connectivity index (χ0v) is 24.7. The predicted octanol–water partition coefficient (Wildman–Crippen LogP) is 4.19. The second-order valence-corrected chi connectivity index (χ2v) is 12.3. The van der Waals surface area contributed by atoms with E-state index in [4.69, 9.17) is 25.0 Å². The van der Waals surface area contributed by atoms with Crippen LogP contribution in [0, 0.1) is 17.2 Å². The molecule has 5 rings (SSSR count). The highest BCUT2D eigenvalue weighted by molar-refractivity contribution is 9.10. The van der Waals surface area contributed by atoms with Crippen LogP contribution < -0.4 is 20.3 Å². The molecule has 214 valence electrons. The number of hydrogen-bond donors (Lipinski definition) is 4. The summed E-state index contributed by atoms with van der Waals surface area (Å²) in [5.74, 6) is 1.85. The number of piperidine rings is 1. The van der Waals surface area contributed by atoms with Crippen molar-refractivity contribution in [3.8, 4) is 11.5 Å². The van der Waals surface area contributed by atoms with E-state index in [0.29, 0.717) is 59.8 Å². The molecule has 2 aliphatic rings. The van der Waals surface area contributed by atoms with Crippen molar-refractivity contribution in [2.24, 2.45) is 11.8 Å². The number of fused-ring (bicyclic) bond motifs is 2. The number of carbonyl (C=O) groups is 2. The highest BCUT2D eigenvalue weighted by Crippen LogP contribution is 2.42. The Morgan fingerprint density at radius 1 is 1.27 bits per heavy atom. The van der Waals surface area contributed by atoms with E-state index < -0.39 is 12.1 Å². The van der Waals surface area contributed by atoms with E-state index in [0.717, 1.165) is 28.6 Å². The summed E-state index contributed by atoms with van der Waals surface area (Å²) in [6.45, 7) is 6.05. The van der Waals surface area contributed by atoms with Crippen LogP contribution in [0.3, 0.4) is 0 Å². The van der Waals surface area contributed by atoms with Crippen molar-refractivity contribution in [3.63, 3.8) is 0 Å². The molecule has 3 aromatic rings. The van der Waals surface area contributed by atoms with Crippen LogP contribution in [0.5, 0.6) is 11.5 Å². The summed E-state index contributed by atoms with van der Waals surface area (Å²) in [6, 6.07) is 3.06. The maximum Gasteiger partial charge on any atom is 0.405 e. The number of nitrogens with zero attached hydrogens (tertiary/aromatic N) is 4. The molecule has 1 saturated heterocycles. The summed E-state index contributed by atoms with van der Waals surface area (Å²) in [5, 5.41) is 20.5. The van der Waals surface area contributed by atoms with Crippen LogP contribution in [0.1, 0.15) is 39.5 Å². The van der Waals surface area contributed by atoms with Crippen molar-refractivity contribution in [2.75, 3.05) is 19.9 Å². The molecule has 14 heteroatoms. The summed E-state index contributed by atoms with van der Waals surface area (Å²) in [5.41, 5.74) is 1.38. The van der Waals surface area contributed by atoms with Gasteiger partial charge in [0.05, 0.1) is 6.33 Å². The minimum Gasteiger partial charge on any atom is -0.465 e. The molecule has 0 radical (unpaired) electrons. The van der Waals surface area contributed by atoms with Gasteiger partial charge in [-0.2, -0.15) is 0 Å². The summed E-state index contributed by atoms with van der Waals surface area (Å²) in [7, 11) is 0. The third-order valence-corrected chi connectivity index (χ3v) is 9.00. The van der Waals surface area contributed by atoms with E-state index in [2.05, 4.69) is 31.2 Å². The number of ether oxygens (including phenoxy) is 2. The number of imidazole rings is 1. The molecular formula is C26H32BrN7O5S. The molecule has 2 aromatic heterocycles. The number of rotatable bonds is 9. The molecule has 1 aromatic carbocycles. The lowest BCUT2D eigenvalue weighted by Gasteiger charge is -2.34. The fourth-order valence-corrected chi connectivity index (χ4v) is 6.46. The van der Waals surface area contributed by atoms with Gasteiger partial charge < -0.3 is 34.3 Å². The Hall–Kier alpha value is -3.26. The van der Waals surface area contributed by atoms with Gasteiger partial charge in [0.1, 0.15) is 11.6 Å². The van der Waals surface area contributed by atoms with Crippen LogP contribution in [0.25, 0.3) is 11.2 Å². The fraction of sp³-hybridized carbons (Fsp3) is 0.500. The average Bonchev–Trinajstić information content (AvgIpc) is 3.55. The number of aromatic amines is 1. The predicted molar refractivity (Wildman–Crippen MR) is 150 cm³/mol. The van der Waals surface area contributed by atoms with Gasteiger partial charge in [0, 0.05) is 29.0 Å². The van der Waals surface area contributed by atoms with Crippen molar-refractivity contribution >= 4 is 50.9 Å². The van der Waals surface area contributed by atoms with Crippen molar-refractivity contribution < 1.29 is 24.2 Å². The van der Waals surface area contributed by atoms with Crippen LogP contribution in [-0.2, 0) is 11.3 Å².